The standard InChI is InChI=1S/C18H17N3O4/c1-2-19-17(22)16-11-12-7-3-5-9-14(12)20(16)18(23)13-8-4-6-10-15(13)21(24)25/h3-10,16H,2,11H2,1H3,(H,19,22). The van der Waals surface area contributed by atoms with Gasteiger partial charge in [-0.15, -0.1) is 0 Å². The normalized spacial score (nSPS) is 15.6. The van der Waals surface area contributed by atoms with Crippen molar-refractivity contribution in [2.45, 2.75) is 19.4 Å². The molecule has 3 rings (SSSR count). The van der Waals surface area contributed by atoms with Crippen LogP contribution in [0.5, 0.6) is 0 Å². The minimum absolute atomic E-state index is 0.0292. The van der Waals surface area contributed by atoms with Gasteiger partial charge in [0.15, 0.2) is 0 Å². The van der Waals surface area contributed by atoms with Gasteiger partial charge < -0.3 is 5.32 Å². The summed E-state index contributed by atoms with van der Waals surface area (Å²) in [4.78, 5) is 37.6. The molecular formula is C18H17N3O4. The summed E-state index contributed by atoms with van der Waals surface area (Å²) in [6, 6.07) is 12.3. The molecule has 7 heteroatoms. The summed E-state index contributed by atoms with van der Waals surface area (Å²) in [7, 11) is 0. The number of nitrogens with one attached hydrogen (secondary N) is 1. The smallest absolute Gasteiger partial charge is 0.282 e. The van der Waals surface area contributed by atoms with Crippen molar-refractivity contribution in [3.8, 4) is 0 Å². The summed E-state index contributed by atoms with van der Waals surface area (Å²) >= 11 is 0. The second-order valence-corrected chi connectivity index (χ2v) is 5.69. The third-order valence-electron chi connectivity index (χ3n) is 4.18. The first kappa shape index (κ1) is 16.6. The number of nitrogens with zero attached hydrogens (tertiary/aromatic N) is 2. The Kier molecular flexibility index (Phi) is 4.47. The molecule has 1 heterocycles. The van der Waals surface area contributed by atoms with Crippen molar-refractivity contribution in [3.05, 3.63) is 69.8 Å². The van der Waals surface area contributed by atoms with Gasteiger partial charge in [0.05, 0.1) is 4.92 Å². The third-order valence-corrected chi connectivity index (χ3v) is 4.18. The van der Waals surface area contributed by atoms with Gasteiger partial charge in [-0.3, -0.25) is 24.6 Å². The lowest BCUT2D eigenvalue weighted by atomic mass is 10.1. The van der Waals surface area contributed by atoms with E-state index in [1.165, 1.54) is 23.1 Å². The van der Waals surface area contributed by atoms with Crippen LogP contribution in [-0.4, -0.2) is 29.3 Å². The monoisotopic (exact) mass is 339 g/mol. The Labute approximate surface area is 144 Å². The Morgan fingerprint density at radius 2 is 1.88 bits per heavy atom. The maximum atomic E-state index is 13.1. The molecule has 0 bridgehead atoms. The lowest BCUT2D eigenvalue weighted by molar-refractivity contribution is -0.385. The zero-order valence-electron chi connectivity index (χ0n) is 13.6. The van der Waals surface area contributed by atoms with Crippen LogP contribution in [0.2, 0.25) is 0 Å². The second kappa shape index (κ2) is 6.72. The fourth-order valence-electron chi connectivity index (χ4n) is 3.08. The number of amides is 2. The molecule has 0 aliphatic carbocycles. The molecule has 2 aromatic carbocycles. The molecule has 1 atom stereocenters. The van der Waals surface area contributed by atoms with Crippen LogP contribution < -0.4 is 10.2 Å². The zero-order chi connectivity index (χ0) is 18.0. The van der Waals surface area contributed by atoms with E-state index in [2.05, 4.69) is 5.32 Å². The van der Waals surface area contributed by atoms with E-state index in [0.717, 1.165) is 5.56 Å². The molecule has 1 unspecified atom stereocenters. The fourth-order valence-corrected chi connectivity index (χ4v) is 3.08. The molecule has 25 heavy (non-hydrogen) atoms. The van der Waals surface area contributed by atoms with Crippen molar-refractivity contribution in [1.82, 2.24) is 5.32 Å². The number of rotatable bonds is 4. The minimum Gasteiger partial charge on any atom is -0.355 e. The molecule has 128 valence electrons. The van der Waals surface area contributed by atoms with Crippen LogP contribution in [0.3, 0.4) is 0 Å². The average molecular weight is 339 g/mol. The van der Waals surface area contributed by atoms with E-state index in [1.54, 1.807) is 25.1 Å². The van der Waals surface area contributed by atoms with Gasteiger partial charge in [0.25, 0.3) is 11.6 Å². The molecule has 0 fully saturated rings. The van der Waals surface area contributed by atoms with Crippen LogP contribution in [-0.2, 0) is 11.2 Å². The van der Waals surface area contributed by atoms with Crippen LogP contribution in [0, 0.1) is 10.1 Å². The van der Waals surface area contributed by atoms with Gasteiger partial charge in [0.1, 0.15) is 11.6 Å². The molecule has 2 amide bonds. The molecule has 2 aromatic rings. The lowest BCUT2D eigenvalue weighted by Gasteiger charge is -2.24. The lowest BCUT2D eigenvalue weighted by Crippen LogP contribution is -2.48. The third kappa shape index (κ3) is 2.96. The van der Waals surface area contributed by atoms with Crippen LogP contribution in [0.25, 0.3) is 0 Å². The maximum absolute atomic E-state index is 13.1. The van der Waals surface area contributed by atoms with E-state index in [-0.39, 0.29) is 17.2 Å². The Morgan fingerprint density at radius 1 is 1.20 bits per heavy atom. The molecule has 0 aromatic heterocycles. The number of nitro benzene ring substituents is 1. The number of fused-ring (bicyclic) bond motifs is 1. The van der Waals surface area contributed by atoms with Crippen molar-refractivity contribution in [1.29, 1.82) is 0 Å². The van der Waals surface area contributed by atoms with E-state index in [0.29, 0.717) is 18.7 Å². The highest BCUT2D eigenvalue weighted by Crippen LogP contribution is 2.34. The van der Waals surface area contributed by atoms with Crippen LogP contribution in [0.1, 0.15) is 22.8 Å². The zero-order valence-corrected chi connectivity index (χ0v) is 13.6. The van der Waals surface area contributed by atoms with E-state index in [4.69, 9.17) is 0 Å². The molecule has 7 nitrogen and oxygen atoms in total. The first-order valence-electron chi connectivity index (χ1n) is 7.97. The Hall–Kier alpha value is -3.22. The van der Waals surface area contributed by atoms with Gasteiger partial charge in [-0.25, -0.2) is 0 Å². The van der Waals surface area contributed by atoms with Crippen LogP contribution in [0.15, 0.2) is 48.5 Å². The number of anilines is 1. The molecule has 1 N–H and O–H groups in total. The summed E-state index contributed by atoms with van der Waals surface area (Å²) < 4.78 is 0. The number of likely N-dealkylation sites (N-methyl/N-ethyl adjacent to an activating group) is 1. The van der Waals surface area contributed by atoms with Crippen LogP contribution in [0.4, 0.5) is 11.4 Å². The fraction of sp³-hybridized carbons (Fsp3) is 0.222. The summed E-state index contributed by atoms with van der Waals surface area (Å²) in [5.41, 5.74) is 1.18. The molecule has 1 aliphatic heterocycles. The van der Waals surface area contributed by atoms with E-state index in [9.17, 15) is 19.7 Å². The highest BCUT2D eigenvalue weighted by atomic mass is 16.6. The van der Waals surface area contributed by atoms with Gasteiger partial charge in [0, 0.05) is 24.7 Å². The maximum Gasteiger partial charge on any atom is 0.282 e. The Bertz CT molecular complexity index is 850. The number of para-hydroxylation sites is 2. The topological polar surface area (TPSA) is 92.6 Å². The number of nitro groups is 1. The summed E-state index contributed by atoms with van der Waals surface area (Å²) in [6.07, 6.45) is 0.383. The number of carbonyl (C=O) groups excluding carboxylic acids is 2. The predicted molar refractivity (Wildman–Crippen MR) is 92.5 cm³/mol. The molecule has 0 radical (unpaired) electrons. The molecular weight excluding hydrogens is 322 g/mol. The number of carbonyl (C=O) groups is 2. The average Bonchev–Trinajstić information content (AvgIpc) is 3.01. The highest BCUT2D eigenvalue weighted by Gasteiger charge is 2.40. The Balaban J connectivity index is 2.07. The van der Waals surface area contributed by atoms with Crippen molar-refractivity contribution in [2.75, 3.05) is 11.4 Å². The summed E-state index contributed by atoms with van der Waals surface area (Å²) in [5, 5.41) is 14.0. The van der Waals surface area contributed by atoms with Crippen LogP contribution >= 0.6 is 0 Å². The molecule has 1 aliphatic rings. The number of benzene rings is 2. The first-order chi connectivity index (χ1) is 12.0. The first-order valence-corrected chi connectivity index (χ1v) is 7.97. The van der Waals surface area contributed by atoms with Crippen molar-refractivity contribution < 1.29 is 14.5 Å². The Morgan fingerprint density at radius 3 is 2.60 bits per heavy atom. The van der Waals surface area contributed by atoms with Gasteiger partial charge in [-0.05, 0) is 24.6 Å². The predicted octanol–water partition coefficient (Wildman–Crippen LogP) is 2.30. The second-order valence-electron chi connectivity index (χ2n) is 5.69. The highest BCUT2D eigenvalue weighted by molar-refractivity contribution is 6.13. The molecule has 0 spiro atoms. The SMILES string of the molecule is CCNC(=O)C1Cc2ccccc2N1C(=O)c1ccccc1[N+](=O)[O-]. The quantitative estimate of drug-likeness (QED) is 0.683. The van der Waals surface area contributed by atoms with Crippen molar-refractivity contribution >= 4 is 23.2 Å². The number of hydrogen-bond donors (Lipinski definition) is 1. The van der Waals surface area contributed by atoms with E-state index < -0.39 is 16.9 Å². The van der Waals surface area contributed by atoms with Crippen molar-refractivity contribution in [2.24, 2.45) is 0 Å². The van der Waals surface area contributed by atoms with E-state index >= 15 is 0 Å². The molecule has 0 saturated heterocycles. The van der Waals surface area contributed by atoms with Crippen molar-refractivity contribution in [3.63, 3.8) is 0 Å². The minimum atomic E-state index is -0.718. The summed E-state index contributed by atoms with van der Waals surface area (Å²) in [5.74, 6) is -0.820. The van der Waals surface area contributed by atoms with Gasteiger partial charge in [-0.1, -0.05) is 30.3 Å². The number of hydrogen-bond acceptors (Lipinski definition) is 4. The largest absolute Gasteiger partial charge is 0.355 e. The van der Waals surface area contributed by atoms with Gasteiger partial charge in [0.2, 0.25) is 5.91 Å². The van der Waals surface area contributed by atoms with Gasteiger partial charge >= 0.3 is 0 Å². The van der Waals surface area contributed by atoms with E-state index in [1.807, 2.05) is 12.1 Å². The molecule has 0 saturated carbocycles. The summed E-state index contributed by atoms with van der Waals surface area (Å²) in [6.45, 7) is 2.24. The van der Waals surface area contributed by atoms with Gasteiger partial charge in [-0.2, -0.15) is 0 Å².